The summed E-state index contributed by atoms with van der Waals surface area (Å²) in [6.45, 7) is 9.93. The van der Waals surface area contributed by atoms with Crippen LogP contribution >= 0.6 is 0 Å². The highest BCUT2D eigenvalue weighted by molar-refractivity contribution is 5.96. The van der Waals surface area contributed by atoms with Crippen molar-refractivity contribution in [3.8, 4) is 5.75 Å². The molecule has 1 aromatic heterocycles. The number of hydrogen-bond donors (Lipinski definition) is 0. The smallest absolute Gasteiger partial charge is 0.340 e. The van der Waals surface area contributed by atoms with Gasteiger partial charge in [-0.15, -0.1) is 0 Å². The predicted molar refractivity (Wildman–Crippen MR) is 100 cm³/mol. The van der Waals surface area contributed by atoms with E-state index in [4.69, 9.17) is 9.47 Å². The molecule has 0 aliphatic heterocycles. The van der Waals surface area contributed by atoms with E-state index in [-0.39, 0.29) is 12.5 Å². The number of esters is 1. The van der Waals surface area contributed by atoms with Crippen LogP contribution in [0.5, 0.6) is 5.75 Å². The van der Waals surface area contributed by atoms with Crippen LogP contribution in [0.2, 0.25) is 0 Å². The van der Waals surface area contributed by atoms with Crippen molar-refractivity contribution in [3.63, 3.8) is 0 Å². The maximum absolute atomic E-state index is 12.4. The first-order valence-electron chi connectivity index (χ1n) is 8.40. The number of likely N-dealkylation sites (N-methyl/N-ethyl adjacent to an activating group) is 1. The fourth-order valence-corrected chi connectivity index (χ4v) is 2.58. The Bertz CT molecular complexity index is 845. The zero-order chi connectivity index (χ0) is 19.3. The van der Waals surface area contributed by atoms with Gasteiger partial charge >= 0.3 is 5.97 Å². The number of nitrogens with zero attached hydrogens (tertiary/aromatic N) is 2. The highest BCUT2D eigenvalue weighted by Gasteiger charge is 2.18. The zero-order valence-electron chi connectivity index (χ0n) is 15.7. The summed E-state index contributed by atoms with van der Waals surface area (Å²) >= 11 is 0. The number of aryl methyl sites for hydroxylation is 1. The van der Waals surface area contributed by atoms with Gasteiger partial charge in [0.1, 0.15) is 5.75 Å². The Balaban J connectivity index is 2.13. The molecule has 6 heteroatoms. The lowest BCUT2D eigenvalue weighted by atomic mass is 10.1. The molecule has 0 saturated carbocycles. The molecule has 0 bridgehead atoms. The summed E-state index contributed by atoms with van der Waals surface area (Å²) in [6.07, 6.45) is 0. The average Bonchev–Trinajstić information content (AvgIpc) is 2.62. The Morgan fingerprint density at radius 1 is 1.27 bits per heavy atom. The van der Waals surface area contributed by atoms with Crippen molar-refractivity contribution in [2.45, 2.75) is 20.8 Å². The van der Waals surface area contributed by atoms with Crippen LogP contribution in [0.1, 0.15) is 29.9 Å². The Labute approximate surface area is 153 Å². The van der Waals surface area contributed by atoms with Gasteiger partial charge in [0.15, 0.2) is 6.61 Å². The zero-order valence-corrected chi connectivity index (χ0v) is 15.7. The van der Waals surface area contributed by atoms with E-state index in [2.05, 4.69) is 11.6 Å². The molecule has 2 rings (SSSR count). The van der Waals surface area contributed by atoms with E-state index in [1.54, 1.807) is 37.1 Å². The van der Waals surface area contributed by atoms with Crippen LogP contribution < -0.4 is 4.74 Å². The number of fused-ring (bicyclic) bond motifs is 1. The van der Waals surface area contributed by atoms with Crippen LogP contribution in [0, 0.1) is 6.92 Å². The molecule has 0 unspecified atom stereocenters. The van der Waals surface area contributed by atoms with E-state index in [0.29, 0.717) is 30.1 Å². The van der Waals surface area contributed by atoms with E-state index in [1.165, 1.54) is 0 Å². The third-order valence-electron chi connectivity index (χ3n) is 3.96. The Hall–Kier alpha value is -2.89. The van der Waals surface area contributed by atoms with Crippen LogP contribution in [0.4, 0.5) is 0 Å². The number of hydrogen-bond acceptors (Lipinski definition) is 5. The molecule has 26 heavy (non-hydrogen) atoms. The fraction of sp³-hybridized carbons (Fsp3) is 0.350. The van der Waals surface area contributed by atoms with E-state index >= 15 is 0 Å². The summed E-state index contributed by atoms with van der Waals surface area (Å²) in [5, 5.41) is 0.798. The molecule has 1 aromatic carbocycles. The maximum Gasteiger partial charge on any atom is 0.340 e. The molecule has 138 valence electrons. The second-order valence-electron chi connectivity index (χ2n) is 6.12. The molecule has 1 amide bonds. The van der Waals surface area contributed by atoms with Crippen molar-refractivity contribution in [3.05, 3.63) is 47.7 Å². The summed E-state index contributed by atoms with van der Waals surface area (Å²) in [7, 11) is 1.59. The fourth-order valence-electron chi connectivity index (χ4n) is 2.58. The molecule has 2 aromatic rings. The highest BCUT2D eigenvalue weighted by atomic mass is 16.5. The summed E-state index contributed by atoms with van der Waals surface area (Å²) in [5.41, 5.74) is 2.49. The third-order valence-corrected chi connectivity index (χ3v) is 3.96. The van der Waals surface area contributed by atoms with Gasteiger partial charge in [0.2, 0.25) is 0 Å². The molecular formula is C20H24N2O4. The lowest BCUT2D eigenvalue weighted by Gasteiger charge is -2.20. The summed E-state index contributed by atoms with van der Waals surface area (Å²) in [4.78, 5) is 30.6. The van der Waals surface area contributed by atoms with Gasteiger partial charge in [0.25, 0.3) is 5.91 Å². The molecule has 0 fully saturated rings. The van der Waals surface area contributed by atoms with Crippen LogP contribution in [0.15, 0.2) is 36.4 Å². The largest absolute Gasteiger partial charge is 0.497 e. The molecule has 0 aliphatic rings. The van der Waals surface area contributed by atoms with Gasteiger partial charge in [-0.25, -0.2) is 4.79 Å². The van der Waals surface area contributed by atoms with Gasteiger partial charge in [-0.3, -0.25) is 9.78 Å². The van der Waals surface area contributed by atoms with Crippen molar-refractivity contribution in [1.29, 1.82) is 0 Å². The second kappa shape index (κ2) is 8.47. The minimum absolute atomic E-state index is 0.250. The van der Waals surface area contributed by atoms with E-state index in [9.17, 15) is 9.59 Å². The molecule has 0 radical (unpaired) electrons. The minimum atomic E-state index is -0.563. The lowest BCUT2D eigenvalue weighted by Crippen LogP contribution is -2.35. The number of methoxy groups -OCH3 is 1. The predicted octanol–water partition coefficient (Wildman–Crippen LogP) is 3.13. The first kappa shape index (κ1) is 19.4. The number of carbonyl (C=O) groups is 2. The number of amides is 1. The average molecular weight is 356 g/mol. The van der Waals surface area contributed by atoms with Crippen molar-refractivity contribution in [2.75, 3.05) is 26.8 Å². The Morgan fingerprint density at radius 2 is 2.00 bits per heavy atom. The van der Waals surface area contributed by atoms with Crippen molar-refractivity contribution in [1.82, 2.24) is 9.88 Å². The molecule has 0 spiro atoms. The topological polar surface area (TPSA) is 68.7 Å². The van der Waals surface area contributed by atoms with E-state index < -0.39 is 5.97 Å². The highest BCUT2D eigenvalue weighted by Crippen LogP contribution is 2.22. The summed E-state index contributed by atoms with van der Waals surface area (Å²) < 4.78 is 10.4. The second-order valence-corrected chi connectivity index (χ2v) is 6.12. The maximum atomic E-state index is 12.4. The Kier molecular flexibility index (Phi) is 6.33. The standard InChI is InChI=1S/C20H24N2O4/c1-6-22(11-13(2)3)19(23)12-26-20(24)17-9-15-7-8-16(25-5)10-18(15)21-14(17)4/h7-10H,2,6,11-12H2,1,3-5H3. The van der Waals surface area contributed by atoms with Gasteiger partial charge < -0.3 is 14.4 Å². The number of aromatic nitrogens is 1. The third kappa shape index (κ3) is 4.59. The molecule has 0 N–H and O–H groups in total. The number of carbonyl (C=O) groups excluding carboxylic acids is 2. The first-order valence-corrected chi connectivity index (χ1v) is 8.40. The van der Waals surface area contributed by atoms with Gasteiger partial charge in [0, 0.05) is 24.5 Å². The molecular weight excluding hydrogens is 332 g/mol. The first-order chi connectivity index (χ1) is 12.3. The summed E-state index contributed by atoms with van der Waals surface area (Å²) in [6, 6.07) is 7.15. The molecule has 0 aliphatic carbocycles. The lowest BCUT2D eigenvalue weighted by molar-refractivity contribution is -0.133. The van der Waals surface area contributed by atoms with Crippen LogP contribution in [0.3, 0.4) is 0 Å². The van der Waals surface area contributed by atoms with E-state index in [1.807, 2.05) is 19.9 Å². The van der Waals surface area contributed by atoms with Crippen molar-refractivity contribution >= 4 is 22.8 Å². The number of benzene rings is 1. The van der Waals surface area contributed by atoms with Crippen molar-refractivity contribution < 1.29 is 19.1 Å². The van der Waals surface area contributed by atoms with Gasteiger partial charge in [-0.2, -0.15) is 0 Å². The molecule has 1 heterocycles. The van der Waals surface area contributed by atoms with E-state index in [0.717, 1.165) is 16.5 Å². The molecule has 0 atom stereocenters. The summed E-state index contributed by atoms with van der Waals surface area (Å²) in [5.74, 6) is -0.116. The minimum Gasteiger partial charge on any atom is -0.497 e. The SMILES string of the molecule is C=C(C)CN(CC)C(=O)COC(=O)c1cc2ccc(OC)cc2nc1C. The van der Waals surface area contributed by atoms with Gasteiger partial charge in [-0.1, -0.05) is 12.2 Å². The van der Waals surface area contributed by atoms with Crippen molar-refractivity contribution in [2.24, 2.45) is 0 Å². The number of pyridine rings is 1. The normalized spacial score (nSPS) is 10.5. The van der Waals surface area contributed by atoms with Crippen LogP contribution in [0.25, 0.3) is 10.9 Å². The van der Waals surface area contributed by atoms with Crippen LogP contribution in [-0.4, -0.2) is 48.6 Å². The number of rotatable bonds is 7. The van der Waals surface area contributed by atoms with Gasteiger partial charge in [-0.05, 0) is 39.0 Å². The quantitative estimate of drug-likeness (QED) is 0.563. The monoisotopic (exact) mass is 356 g/mol. The van der Waals surface area contributed by atoms with Crippen LogP contribution in [-0.2, 0) is 9.53 Å². The van der Waals surface area contributed by atoms with Gasteiger partial charge in [0.05, 0.1) is 23.9 Å². The molecule has 6 nitrogen and oxygen atoms in total. The number of ether oxygens (including phenoxy) is 2. The Morgan fingerprint density at radius 3 is 2.62 bits per heavy atom. The molecule has 0 saturated heterocycles.